The standard InChI is InChI=1S/C11H10N2OS.BrH/c12-9-3-5-13(6-4-9)8-10(14)11-2-1-7-15-11;/h1-7,12H,8H2;1H. The van der Waals surface area contributed by atoms with E-state index in [0.717, 1.165) is 4.88 Å². The highest BCUT2D eigenvalue weighted by Crippen LogP contribution is 2.09. The molecule has 5 heteroatoms. The highest BCUT2D eigenvalue weighted by atomic mass is 79.9. The minimum Gasteiger partial charge on any atom is -1.00 e. The van der Waals surface area contributed by atoms with E-state index in [1.54, 1.807) is 24.5 Å². The van der Waals surface area contributed by atoms with Gasteiger partial charge in [0.05, 0.1) is 4.88 Å². The monoisotopic (exact) mass is 298 g/mol. The van der Waals surface area contributed by atoms with Crippen LogP contribution in [0.4, 0.5) is 5.69 Å². The molecule has 84 valence electrons. The number of halogens is 1. The van der Waals surface area contributed by atoms with Gasteiger partial charge in [-0.2, -0.15) is 4.57 Å². The molecule has 2 aromatic rings. The van der Waals surface area contributed by atoms with E-state index < -0.39 is 0 Å². The molecule has 0 spiro atoms. The third-order valence-electron chi connectivity index (χ3n) is 2.04. The van der Waals surface area contributed by atoms with Gasteiger partial charge in [0.15, 0.2) is 12.4 Å². The average Bonchev–Trinajstić information content (AvgIpc) is 2.74. The van der Waals surface area contributed by atoms with Gasteiger partial charge in [-0.1, -0.05) is 6.07 Å². The van der Waals surface area contributed by atoms with Crippen molar-refractivity contribution in [1.29, 1.82) is 0 Å². The van der Waals surface area contributed by atoms with Crippen molar-refractivity contribution in [3.63, 3.8) is 0 Å². The Hall–Kier alpha value is -1.20. The maximum atomic E-state index is 11.7. The topological polar surface area (TPSA) is 47.0 Å². The molecule has 0 radical (unpaired) electrons. The van der Waals surface area contributed by atoms with Gasteiger partial charge < -0.3 is 22.7 Å². The van der Waals surface area contributed by atoms with Crippen LogP contribution >= 0.6 is 11.3 Å². The Labute approximate surface area is 108 Å². The van der Waals surface area contributed by atoms with Crippen LogP contribution in [0.1, 0.15) is 9.67 Å². The number of pyridine rings is 1. The van der Waals surface area contributed by atoms with Crippen LogP contribution in [0, 0.1) is 0 Å². The van der Waals surface area contributed by atoms with Gasteiger partial charge in [-0.15, -0.1) is 11.3 Å². The van der Waals surface area contributed by atoms with E-state index in [2.05, 4.69) is 0 Å². The Kier molecular flexibility index (Phi) is 4.64. The van der Waals surface area contributed by atoms with Gasteiger partial charge in [0.1, 0.15) is 0 Å². The molecule has 16 heavy (non-hydrogen) atoms. The summed E-state index contributed by atoms with van der Waals surface area (Å²) < 4.78 is 1.82. The number of carbonyl (C=O) groups excluding carboxylic acids is 1. The van der Waals surface area contributed by atoms with Crippen molar-refractivity contribution in [2.24, 2.45) is 0 Å². The Morgan fingerprint density at radius 3 is 2.56 bits per heavy atom. The van der Waals surface area contributed by atoms with Crippen LogP contribution in [-0.2, 0) is 6.54 Å². The number of hydrogen-bond donors (Lipinski definition) is 1. The van der Waals surface area contributed by atoms with Crippen molar-refractivity contribution in [3.05, 3.63) is 46.9 Å². The van der Waals surface area contributed by atoms with E-state index in [1.807, 2.05) is 22.1 Å². The molecule has 0 aromatic carbocycles. The summed E-state index contributed by atoms with van der Waals surface area (Å²) in [6.45, 7) is 0.362. The number of thiophene rings is 1. The highest BCUT2D eigenvalue weighted by molar-refractivity contribution is 7.12. The molecule has 2 heterocycles. The first kappa shape index (κ1) is 12.9. The predicted molar refractivity (Wildman–Crippen MR) is 59.7 cm³/mol. The molecule has 0 aliphatic carbocycles. The molecule has 0 saturated heterocycles. The summed E-state index contributed by atoms with van der Waals surface area (Å²) in [5.41, 5.74) is 6.26. The number of aromatic nitrogens is 1. The Morgan fingerprint density at radius 2 is 2.00 bits per heavy atom. The lowest BCUT2D eigenvalue weighted by atomic mass is 10.3. The fourth-order valence-electron chi connectivity index (χ4n) is 1.26. The first-order valence-electron chi connectivity index (χ1n) is 4.57. The maximum absolute atomic E-state index is 11.7. The average molecular weight is 299 g/mol. The van der Waals surface area contributed by atoms with Crippen LogP contribution in [0.2, 0.25) is 0 Å². The van der Waals surface area contributed by atoms with Crippen molar-refractivity contribution in [2.75, 3.05) is 5.73 Å². The Balaban J connectivity index is 0.00000128. The van der Waals surface area contributed by atoms with Crippen molar-refractivity contribution >= 4 is 22.8 Å². The molecule has 0 saturated carbocycles. The molecule has 0 amide bonds. The zero-order chi connectivity index (χ0) is 10.7. The minimum atomic E-state index is 0. The summed E-state index contributed by atoms with van der Waals surface area (Å²) in [6, 6.07) is 7.28. The second-order valence-electron chi connectivity index (χ2n) is 3.20. The van der Waals surface area contributed by atoms with E-state index in [1.165, 1.54) is 11.3 Å². The second kappa shape index (κ2) is 5.77. The molecule has 2 rings (SSSR count). The highest BCUT2D eigenvalue weighted by Gasteiger charge is 2.12. The Morgan fingerprint density at radius 1 is 1.31 bits per heavy atom. The normalized spacial score (nSPS) is 9.50. The Bertz CT molecular complexity index is 453. The molecular formula is C11H11BrN2OS. The van der Waals surface area contributed by atoms with Crippen LogP contribution < -0.4 is 27.3 Å². The van der Waals surface area contributed by atoms with E-state index in [-0.39, 0.29) is 22.8 Å². The molecule has 0 unspecified atom stereocenters. The van der Waals surface area contributed by atoms with E-state index in [9.17, 15) is 4.79 Å². The molecule has 0 aliphatic heterocycles. The lowest BCUT2D eigenvalue weighted by Gasteiger charge is -1.95. The van der Waals surface area contributed by atoms with Crippen molar-refractivity contribution in [3.8, 4) is 0 Å². The van der Waals surface area contributed by atoms with E-state index >= 15 is 0 Å². The summed E-state index contributed by atoms with van der Waals surface area (Å²) in [5.74, 6) is 0.125. The fourth-order valence-corrected chi connectivity index (χ4v) is 1.91. The molecule has 0 aliphatic rings. The minimum absolute atomic E-state index is 0. The number of carbonyl (C=O) groups is 1. The number of anilines is 1. The summed E-state index contributed by atoms with van der Waals surface area (Å²) in [6.07, 6.45) is 3.61. The molecule has 2 aromatic heterocycles. The third kappa shape index (κ3) is 3.15. The van der Waals surface area contributed by atoms with Crippen molar-refractivity contribution in [1.82, 2.24) is 0 Å². The zero-order valence-electron chi connectivity index (χ0n) is 8.47. The fraction of sp³-hybridized carbons (Fsp3) is 0.0909. The number of rotatable bonds is 3. The summed E-state index contributed by atoms with van der Waals surface area (Å²) in [4.78, 5) is 12.5. The second-order valence-corrected chi connectivity index (χ2v) is 4.15. The number of hydrogen-bond acceptors (Lipinski definition) is 3. The summed E-state index contributed by atoms with van der Waals surface area (Å²) in [5, 5.41) is 1.90. The van der Waals surface area contributed by atoms with Crippen LogP contribution in [0.3, 0.4) is 0 Å². The molecule has 3 nitrogen and oxygen atoms in total. The maximum Gasteiger partial charge on any atom is 0.237 e. The number of Topliss-reactive ketones (excluding diaryl/α,β-unsaturated/α-hetero) is 1. The number of ketones is 1. The van der Waals surface area contributed by atoms with Crippen molar-refractivity contribution < 1.29 is 26.3 Å². The van der Waals surface area contributed by atoms with Crippen LogP contribution in [0.5, 0.6) is 0 Å². The van der Waals surface area contributed by atoms with E-state index in [4.69, 9.17) is 5.73 Å². The number of nitrogens with zero attached hydrogens (tertiary/aromatic N) is 1. The predicted octanol–water partition coefficient (Wildman–Crippen LogP) is -1.50. The zero-order valence-corrected chi connectivity index (χ0v) is 10.9. The van der Waals surface area contributed by atoms with Gasteiger partial charge in [0, 0.05) is 17.8 Å². The van der Waals surface area contributed by atoms with Gasteiger partial charge in [0.25, 0.3) is 0 Å². The molecule has 0 atom stereocenters. The van der Waals surface area contributed by atoms with Gasteiger partial charge in [-0.25, -0.2) is 0 Å². The van der Waals surface area contributed by atoms with Gasteiger partial charge in [-0.05, 0) is 11.4 Å². The van der Waals surface area contributed by atoms with E-state index in [0.29, 0.717) is 12.2 Å². The van der Waals surface area contributed by atoms with Gasteiger partial charge >= 0.3 is 0 Å². The number of nitrogens with two attached hydrogens (primary N) is 1. The van der Waals surface area contributed by atoms with Crippen molar-refractivity contribution in [2.45, 2.75) is 6.54 Å². The number of nitrogen functional groups attached to an aromatic ring is 1. The first-order valence-corrected chi connectivity index (χ1v) is 5.45. The molecular weight excluding hydrogens is 288 g/mol. The molecule has 2 N–H and O–H groups in total. The lowest BCUT2D eigenvalue weighted by molar-refractivity contribution is -0.683. The summed E-state index contributed by atoms with van der Waals surface area (Å²) >= 11 is 1.47. The summed E-state index contributed by atoms with van der Waals surface area (Å²) in [7, 11) is 0. The van der Waals surface area contributed by atoms with Gasteiger partial charge in [-0.3, -0.25) is 4.79 Å². The van der Waals surface area contributed by atoms with Crippen LogP contribution in [0.15, 0.2) is 42.0 Å². The van der Waals surface area contributed by atoms with Crippen LogP contribution in [-0.4, -0.2) is 5.78 Å². The largest absolute Gasteiger partial charge is 1.00 e. The SMILES string of the molecule is Nc1cc[n+](CC(=O)c2cccs2)cc1.[Br-]. The quantitative estimate of drug-likeness (QED) is 0.554. The third-order valence-corrected chi connectivity index (χ3v) is 2.95. The molecule has 0 fully saturated rings. The lowest BCUT2D eigenvalue weighted by Crippen LogP contribution is -3.00. The van der Waals surface area contributed by atoms with Crippen LogP contribution in [0.25, 0.3) is 0 Å². The molecule has 0 bridgehead atoms. The first-order chi connectivity index (χ1) is 7.25. The van der Waals surface area contributed by atoms with Gasteiger partial charge in [0.2, 0.25) is 12.3 Å². The smallest absolute Gasteiger partial charge is 0.237 e.